The van der Waals surface area contributed by atoms with Crippen molar-refractivity contribution in [1.29, 1.82) is 0 Å². The maximum atomic E-state index is 4.12. The third kappa shape index (κ3) is 2.53. The van der Waals surface area contributed by atoms with Gasteiger partial charge in [0.15, 0.2) is 0 Å². The van der Waals surface area contributed by atoms with Crippen molar-refractivity contribution in [2.24, 2.45) is 0 Å². The third-order valence-electron chi connectivity index (χ3n) is 2.70. The van der Waals surface area contributed by atoms with E-state index in [2.05, 4.69) is 56.7 Å². The second-order valence-corrected chi connectivity index (χ2v) is 4.78. The molecule has 0 N–H and O–H groups in total. The molecule has 0 fully saturated rings. The highest BCUT2D eigenvalue weighted by Gasteiger charge is 2.11. The molecule has 2 nitrogen and oxygen atoms in total. The molecule has 16 heavy (non-hydrogen) atoms. The van der Waals surface area contributed by atoms with Crippen molar-refractivity contribution in [2.75, 3.05) is 0 Å². The van der Waals surface area contributed by atoms with Crippen LogP contribution in [0, 0.1) is 0 Å². The molecular weight excluding hydrogens is 264 g/mol. The average molecular weight is 279 g/mol. The molecular formula is C13H15BrN2. The number of aromatic nitrogens is 2. The van der Waals surface area contributed by atoms with Gasteiger partial charge < -0.3 is 4.57 Å². The summed E-state index contributed by atoms with van der Waals surface area (Å²) >= 11 is 3.46. The minimum Gasteiger partial charge on any atom is -0.330 e. The van der Waals surface area contributed by atoms with Gasteiger partial charge in [-0.25, -0.2) is 4.98 Å². The second-order valence-electron chi connectivity index (χ2n) is 3.87. The molecule has 0 spiro atoms. The lowest BCUT2D eigenvalue weighted by atomic mass is 10.0. The SMILES string of the molecule is CCCC(c1ccc(Br)cc1)n1ccnc1. The molecule has 2 aromatic rings. The first kappa shape index (κ1) is 11.4. The van der Waals surface area contributed by atoms with Crippen LogP contribution in [-0.2, 0) is 0 Å². The highest BCUT2D eigenvalue weighted by atomic mass is 79.9. The molecule has 0 aliphatic rings. The van der Waals surface area contributed by atoms with Crippen molar-refractivity contribution in [1.82, 2.24) is 9.55 Å². The average Bonchev–Trinajstić information content (AvgIpc) is 2.81. The van der Waals surface area contributed by atoms with Crippen molar-refractivity contribution < 1.29 is 0 Å². The van der Waals surface area contributed by atoms with Gasteiger partial charge in [0, 0.05) is 16.9 Å². The van der Waals surface area contributed by atoms with E-state index in [9.17, 15) is 0 Å². The lowest BCUT2D eigenvalue weighted by Gasteiger charge is -2.18. The molecule has 0 amide bonds. The van der Waals surface area contributed by atoms with Crippen molar-refractivity contribution in [3.8, 4) is 0 Å². The summed E-state index contributed by atoms with van der Waals surface area (Å²) in [4.78, 5) is 4.12. The van der Waals surface area contributed by atoms with Crippen LogP contribution in [0.2, 0.25) is 0 Å². The van der Waals surface area contributed by atoms with E-state index in [0.717, 1.165) is 10.9 Å². The fourth-order valence-corrected chi connectivity index (χ4v) is 2.16. The van der Waals surface area contributed by atoms with E-state index < -0.39 is 0 Å². The first-order chi connectivity index (χ1) is 7.81. The van der Waals surface area contributed by atoms with Gasteiger partial charge in [-0.05, 0) is 24.1 Å². The Morgan fingerprint density at radius 2 is 2.06 bits per heavy atom. The standard InChI is InChI=1S/C13H15BrN2/c1-2-3-13(16-9-8-15-10-16)11-4-6-12(14)7-5-11/h4-10,13H,2-3H2,1H3. The molecule has 0 aliphatic heterocycles. The van der Waals surface area contributed by atoms with Gasteiger partial charge in [0.2, 0.25) is 0 Å². The molecule has 0 radical (unpaired) electrons. The van der Waals surface area contributed by atoms with Crippen LogP contribution in [0.1, 0.15) is 31.4 Å². The summed E-state index contributed by atoms with van der Waals surface area (Å²) in [6.07, 6.45) is 8.06. The van der Waals surface area contributed by atoms with Crippen LogP contribution in [0.4, 0.5) is 0 Å². The summed E-state index contributed by atoms with van der Waals surface area (Å²) in [5.74, 6) is 0. The minimum absolute atomic E-state index is 0.403. The number of hydrogen-bond acceptors (Lipinski definition) is 1. The number of nitrogens with zero attached hydrogens (tertiary/aromatic N) is 2. The Kier molecular flexibility index (Phi) is 3.78. The maximum absolute atomic E-state index is 4.12. The highest BCUT2D eigenvalue weighted by molar-refractivity contribution is 9.10. The molecule has 0 saturated heterocycles. The molecule has 0 aliphatic carbocycles. The van der Waals surface area contributed by atoms with Gasteiger partial charge in [-0.1, -0.05) is 41.4 Å². The number of rotatable bonds is 4. The minimum atomic E-state index is 0.403. The number of imidazole rings is 1. The van der Waals surface area contributed by atoms with E-state index in [1.165, 1.54) is 12.0 Å². The molecule has 3 heteroatoms. The third-order valence-corrected chi connectivity index (χ3v) is 3.23. The van der Waals surface area contributed by atoms with E-state index in [4.69, 9.17) is 0 Å². The Labute approximate surface area is 104 Å². The summed E-state index contributed by atoms with van der Waals surface area (Å²) in [5.41, 5.74) is 1.34. The van der Waals surface area contributed by atoms with E-state index in [-0.39, 0.29) is 0 Å². The summed E-state index contributed by atoms with van der Waals surface area (Å²) < 4.78 is 3.30. The predicted octanol–water partition coefficient (Wildman–Crippen LogP) is 4.04. The second kappa shape index (κ2) is 5.30. The van der Waals surface area contributed by atoms with Crippen LogP contribution in [-0.4, -0.2) is 9.55 Å². The number of hydrogen-bond donors (Lipinski definition) is 0. The fourth-order valence-electron chi connectivity index (χ4n) is 1.90. The van der Waals surface area contributed by atoms with Crippen LogP contribution in [0.25, 0.3) is 0 Å². The number of benzene rings is 1. The van der Waals surface area contributed by atoms with Gasteiger partial charge >= 0.3 is 0 Å². The van der Waals surface area contributed by atoms with Gasteiger partial charge in [-0.3, -0.25) is 0 Å². The van der Waals surface area contributed by atoms with Crippen LogP contribution >= 0.6 is 15.9 Å². The Morgan fingerprint density at radius 3 is 2.62 bits per heavy atom. The van der Waals surface area contributed by atoms with E-state index in [1.807, 2.05) is 18.7 Å². The molecule has 1 unspecified atom stereocenters. The molecule has 2 rings (SSSR count). The Bertz CT molecular complexity index is 420. The van der Waals surface area contributed by atoms with Crippen LogP contribution in [0.15, 0.2) is 47.5 Å². The normalized spacial score (nSPS) is 12.6. The van der Waals surface area contributed by atoms with Crippen molar-refractivity contribution >= 4 is 15.9 Å². The largest absolute Gasteiger partial charge is 0.330 e. The van der Waals surface area contributed by atoms with E-state index >= 15 is 0 Å². The van der Waals surface area contributed by atoms with Crippen molar-refractivity contribution in [3.05, 3.63) is 53.0 Å². The van der Waals surface area contributed by atoms with E-state index in [0.29, 0.717) is 6.04 Å². The molecule has 0 saturated carbocycles. The predicted molar refractivity (Wildman–Crippen MR) is 69.4 cm³/mol. The van der Waals surface area contributed by atoms with Gasteiger partial charge in [0.05, 0.1) is 12.4 Å². The fraction of sp³-hybridized carbons (Fsp3) is 0.308. The number of halogens is 1. The van der Waals surface area contributed by atoms with Gasteiger partial charge in [-0.15, -0.1) is 0 Å². The Balaban J connectivity index is 2.29. The van der Waals surface area contributed by atoms with Crippen LogP contribution in [0.3, 0.4) is 0 Å². The van der Waals surface area contributed by atoms with E-state index in [1.54, 1.807) is 0 Å². The Morgan fingerprint density at radius 1 is 1.31 bits per heavy atom. The molecule has 84 valence electrons. The smallest absolute Gasteiger partial charge is 0.0951 e. The lowest BCUT2D eigenvalue weighted by molar-refractivity contribution is 0.532. The molecule has 0 bridgehead atoms. The van der Waals surface area contributed by atoms with Gasteiger partial charge in [0.1, 0.15) is 0 Å². The zero-order chi connectivity index (χ0) is 11.4. The molecule has 1 aromatic carbocycles. The molecule has 1 heterocycles. The topological polar surface area (TPSA) is 17.8 Å². The monoisotopic (exact) mass is 278 g/mol. The lowest BCUT2D eigenvalue weighted by Crippen LogP contribution is -2.08. The summed E-state index contributed by atoms with van der Waals surface area (Å²) in [5, 5.41) is 0. The summed E-state index contributed by atoms with van der Waals surface area (Å²) in [6, 6.07) is 8.93. The highest BCUT2D eigenvalue weighted by Crippen LogP contribution is 2.24. The van der Waals surface area contributed by atoms with Crippen molar-refractivity contribution in [3.63, 3.8) is 0 Å². The van der Waals surface area contributed by atoms with Gasteiger partial charge in [0.25, 0.3) is 0 Å². The zero-order valence-electron chi connectivity index (χ0n) is 9.31. The summed E-state index contributed by atoms with van der Waals surface area (Å²) in [7, 11) is 0. The molecule has 1 aromatic heterocycles. The van der Waals surface area contributed by atoms with Gasteiger partial charge in [-0.2, -0.15) is 0 Å². The van der Waals surface area contributed by atoms with Crippen LogP contribution < -0.4 is 0 Å². The van der Waals surface area contributed by atoms with Crippen molar-refractivity contribution in [2.45, 2.75) is 25.8 Å². The first-order valence-electron chi connectivity index (χ1n) is 5.54. The maximum Gasteiger partial charge on any atom is 0.0951 e. The quantitative estimate of drug-likeness (QED) is 0.826. The molecule has 1 atom stereocenters. The first-order valence-corrected chi connectivity index (χ1v) is 6.33. The summed E-state index contributed by atoms with van der Waals surface area (Å²) in [6.45, 7) is 2.21. The Hall–Kier alpha value is -1.09. The zero-order valence-corrected chi connectivity index (χ0v) is 10.9. The van der Waals surface area contributed by atoms with Crippen LogP contribution in [0.5, 0.6) is 0 Å².